The highest BCUT2D eigenvalue weighted by Gasteiger charge is 2.30. The van der Waals surface area contributed by atoms with Crippen molar-refractivity contribution in [1.82, 2.24) is 9.80 Å². The largest absolute Gasteiger partial charge is 0.469 e. The van der Waals surface area contributed by atoms with Crippen LogP contribution < -0.4 is 0 Å². The van der Waals surface area contributed by atoms with Crippen molar-refractivity contribution in [2.75, 3.05) is 26.7 Å². The molecule has 1 saturated heterocycles. The van der Waals surface area contributed by atoms with Crippen molar-refractivity contribution in [3.05, 3.63) is 12.7 Å². The topological polar surface area (TPSA) is 66.9 Å². The number of likely N-dealkylation sites (tertiary alicyclic amines) is 1. The first kappa shape index (κ1) is 18.2. The number of amides is 2. The second-order valence-corrected chi connectivity index (χ2v) is 5.76. The van der Waals surface area contributed by atoms with Crippen molar-refractivity contribution in [2.24, 2.45) is 5.92 Å². The maximum absolute atomic E-state index is 12.6. The quantitative estimate of drug-likeness (QED) is 0.546. The number of rotatable bonds is 6. The van der Waals surface area contributed by atoms with Gasteiger partial charge in [0, 0.05) is 31.6 Å². The average molecular weight is 310 g/mol. The van der Waals surface area contributed by atoms with Crippen LogP contribution in [-0.4, -0.2) is 60.4 Å². The summed E-state index contributed by atoms with van der Waals surface area (Å²) >= 11 is 0. The third-order valence-corrected chi connectivity index (χ3v) is 4.02. The van der Waals surface area contributed by atoms with Gasteiger partial charge in [0.2, 0.25) is 11.8 Å². The zero-order valence-electron chi connectivity index (χ0n) is 13.7. The van der Waals surface area contributed by atoms with Crippen LogP contribution in [-0.2, 0) is 19.1 Å². The molecule has 0 N–H and O–H groups in total. The Morgan fingerprint density at radius 3 is 2.36 bits per heavy atom. The van der Waals surface area contributed by atoms with Gasteiger partial charge in [-0.1, -0.05) is 6.58 Å². The highest BCUT2D eigenvalue weighted by atomic mass is 16.5. The highest BCUT2D eigenvalue weighted by Crippen LogP contribution is 2.21. The fraction of sp³-hybridized carbons (Fsp3) is 0.688. The van der Waals surface area contributed by atoms with E-state index < -0.39 is 0 Å². The second-order valence-electron chi connectivity index (χ2n) is 5.76. The predicted octanol–water partition coefficient (Wildman–Crippen LogP) is 1.21. The van der Waals surface area contributed by atoms with Gasteiger partial charge in [-0.25, -0.2) is 0 Å². The molecule has 2 amide bonds. The zero-order chi connectivity index (χ0) is 16.7. The van der Waals surface area contributed by atoms with E-state index in [9.17, 15) is 14.4 Å². The Morgan fingerprint density at radius 1 is 1.32 bits per heavy atom. The summed E-state index contributed by atoms with van der Waals surface area (Å²) in [5.41, 5.74) is 0. The molecule has 0 radical (unpaired) electrons. The highest BCUT2D eigenvalue weighted by molar-refractivity contribution is 5.87. The maximum atomic E-state index is 12.6. The molecule has 0 bridgehead atoms. The minimum absolute atomic E-state index is 0.0324. The molecule has 1 aliphatic rings. The van der Waals surface area contributed by atoms with E-state index in [0.29, 0.717) is 32.5 Å². The van der Waals surface area contributed by atoms with Gasteiger partial charge in [0.25, 0.3) is 0 Å². The van der Waals surface area contributed by atoms with Crippen LogP contribution in [0.15, 0.2) is 12.7 Å². The Morgan fingerprint density at radius 2 is 1.91 bits per heavy atom. The molecule has 6 nitrogen and oxygen atoms in total. The van der Waals surface area contributed by atoms with Crippen LogP contribution in [0.25, 0.3) is 0 Å². The Hall–Kier alpha value is -1.85. The third-order valence-electron chi connectivity index (χ3n) is 4.02. The third kappa shape index (κ3) is 4.86. The van der Waals surface area contributed by atoms with E-state index in [4.69, 9.17) is 0 Å². The molecular weight excluding hydrogens is 284 g/mol. The van der Waals surface area contributed by atoms with Crippen molar-refractivity contribution in [1.29, 1.82) is 0 Å². The van der Waals surface area contributed by atoms with Gasteiger partial charge in [-0.2, -0.15) is 0 Å². The van der Waals surface area contributed by atoms with E-state index in [-0.39, 0.29) is 36.2 Å². The van der Waals surface area contributed by atoms with Gasteiger partial charge in [-0.05, 0) is 32.8 Å². The minimum Gasteiger partial charge on any atom is -0.469 e. The summed E-state index contributed by atoms with van der Waals surface area (Å²) in [5, 5.41) is 0. The molecule has 0 aromatic carbocycles. The number of carbonyl (C=O) groups excluding carboxylic acids is 3. The molecule has 0 atom stereocenters. The second kappa shape index (κ2) is 8.56. The van der Waals surface area contributed by atoms with Gasteiger partial charge in [0.1, 0.15) is 0 Å². The lowest BCUT2D eigenvalue weighted by molar-refractivity contribution is -0.144. The van der Waals surface area contributed by atoms with Crippen molar-refractivity contribution in [3.63, 3.8) is 0 Å². The van der Waals surface area contributed by atoms with Gasteiger partial charge >= 0.3 is 5.97 Å². The number of esters is 1. The molecule has 22 heavy (non-hydrogen) atoms. The number of carbonyl (C=O) groups is 3. The SMILES string of the molecule is C=CC(=O)N1CCC(C(=O)N(CCC(=O)OC)C(C)C)CC1. The summed E-state index contributed by atoms with van der Waals surface area (Å²) in [5.74, 6) is -0.430. The molecule has 0 aliphatic carbocycles. The maximum Gasteiger partial charge on any atom is 0.307 e. The monoisotopic (exact) mass is 310 g/mol. The first-order valence-corrected chi connectivity index (χ1v) is 7.69. The lowest BCUT2D eigenvalue weighted by atomic mass is 9.94. The molecule has 0 aromatic heterocycles. The van der Waals surface area contributed by atoms with Gasteiger partial charge in [-0.3, -0.25) is 14.4 Å². The van der Waals surface area contributed by atoms with Crippen LogP contribution in [0, 0.1) is 5.92 Å². The average Bonchev–Trinajstić information content (AvgIpc) is 2.53. The van der Waals surface area contributed by atoms with Crippen LogP contribution in [0.4, 0.5) is 0 Å². The van der Waals surface area contributed by atoms with Crippen molar-refractivity contribution in [2.45, 2.75) is 39.2 Å². The van der Waals surface area contributed by atoms with E-state index in [1.807, 2.05) is 13.8 Å². The molecule has 6 heteroatoms. The molecule has 0 saturated carbocycles. The van der Waals surface area contributed by atoms with Crippen LogP contribution >= 0.6 is 0 Å². The normalized spacial score (nSPS) is 15.5. The van der Waals surface area contributed by atoms with Crippen molar-refractivity contribution >= 4 is 17.8 Å². The first-order valence-electron chi connectivity index (χ1n) is 7.69. The molecule has 0 spiro atoms. The number of ether oxygens (including phenoxy) is 1. The van der Waals surface area contributed by atoms with E-state index >= 15 is 0 Å². The van der Waals surface area contributed by atoms with Gasteiger partial charge in [-0.15, -0.1) is 0 Å². The minimum atomic E-state index is -0.315. The Bertz CT molecular complexity index is 426. The predicted molar refractivity (Wildman–Crippen MR) is 83.0 cm³/mol. The van der Waals surface area contributed by atoms with Gasteiger partial charge in [0.15, 0.2) is 0 Å². The first-order chi connectivity index (χ1) is 10.4. The molecule has 1 heterocycles. The summed E-state index contributed by atoms with van der Waals surface area (Å²) in [4.78, 5) is 38.9. The van der Waals surface area contributed by atoms with Gasteiger partial charge in [0.05, 0.1) is 13.5 Å². The van der Waals surface area contributed by atoms with Crippen molar-refractivity contribution in [3.8, 4) is 0 Å². The number of nitrogens with zero attached hydrogens (tertiary/aromatic N) is 2. The van der Waals surface area contributed by atoms with E-state index in [2.05, 4.69) is 11.3 Å². The van der Waals surface area contributed by atoms with Crippen LogP contribution in [0.5, 0.6) is 0 Å². The Balaban J connectivity index is 2.58. The Labute approximate surface area is 132 Å². The zero-order valence-corrected chi connectivity index (χ0v) is 13.7. The van der Waals surface area contributed by atoms with Crippen molar-refractivity contribution < 1.29 is 19.1 Å². The van der Waals surface area contributed by atoms with Crippen LogP contribution in [0.2, 0.25) is 0 Å². The number of piperidine rings is 1. The fourth-order valence-corrected chi connectivity index (χ4v) is 2.65. The summed E-state index contributed by atoms with van der Waals surface area (Å²) in [6.45, 7) is 8.87. The number of hydrogen-bond donors (Lipinski definition) is 0. The van der Waals surface area contributed by atoms with E-state index in [1.165, 1.54) is 13.2 Å². The summed E-state index contributed by atoms with van der Waals surface area (Å²) in [6, 6.07) is 0.0324. The molecular formula is C16H26N2O4. The molecule has 0 aromatic rings. The lowest BCUT2D eigenvalue weighted by Crippen LogP contribution is -2.46. The van der Waals surface area contributed by atoms with Gasteiger partial charge < -0.3 is 14.5 Å². The smallest absolute Gasteiger partial charge is 0.307 e. The summed E-state index contributed by atoms with van der Waals surface area (Å²) < 4.78 is 4.63. The van der Waals surface area contributed by atoms with E-state index in [1.54, 1.807) is 9.80 Å². The molecule has 1 rings (SSSR count). The number of methoxy groups -OCH3 is 1. The standard InChI is InChI=1S/C16H26N2O4/c1-5-14(19)17-9-6-13(7-10-17)16(21)18(12(2)3)11-8-15(20)22-4/h5,12-13H,1,6-11H2,2-4H3. The molecule has 0 unspecified atom stereocenters. The lowest BCUT2D eigenvalue weighted by Gasteiger charge is -2.35. The van der Waals surface area contributed by atoms with Crippen LogP contribution in [0.1, 0.15) is 33.1 Å². The fourth-order valence-electron chi connectivity index (χ4n) is 2.65. The summed E-state index contributed by atoms with van der Waals surface area (Å²) in [7, 11) is 1.34. The summed E-state index contributed by atoms with van der Waals surface area (Å²) in [6.07, 6.45) is 2.81. The molecule has 124 valence electrons. The number of hydrogen-bond acceptors (Lipinski definition) is 4. The molecule has 1 aliphatic heterocycles. The Kier molecular flexibility index (Phi) is 7.08. The van der Waals surface area contributed by atoms with E-state index in [0.717, 1.165) is 0 Å². The molecule has 1 fully saturated rings. The van der Waals surface area contributed by atoms with Crippen LogP contribution in [0.3, 0.4) is 0 Å².